The molecule has 0 aromatic carbocycles. The SMILES string of the molecule is C=C(CCCCCCCCC)C(=C)C(=C)C(C(=C)C)C(O)=S. The molecule has 2 heteroatoms. The molecule has 0 spiro atoms. The van der Waals surface area contributed by atoms with Gasteiger partial charge in [-0.25, -0.2) is 0 Å². The van der Waals surface area contributed by atoms with Crippen molar-refractivity contribution in [2.24, 2.45) is 5.92 Å². The van der Waals surface area contributed by atoms with E-state index in [-0.39, 0.29) is 5.05 Å². The Bertz CT molecular complexity index is 417. The fourth-order valence-corrected chi connectivity index (χ4v) is 2.85. The van der Waals surface area contributed by atoms with Crippen molar-refractivity contribution < 1.29 is 5.11 Å². The second kappa shape index (κ2) is 11.4. The molecule has 0 amide bonds. The van der Waals surface area contributed by atoms with Gasteiger partial charge in [0.25, 0.3) is 0 Å². The quantitative estimate of drug-likeness (QED) is 0.173. The van der Waals surface area contributed by atoms with Gasteiger partial charge in [0.2, 0.25) is 0 Å². The Morgan fingerprint density at radius 3 is 1.91 bits per heavy atom. The van der Waals surface area contributed by atoms with Gasteiger partial charge < -0.3 is 5.11 Å². The molecule has 0 aliphatic carbocycles. The zero-order valence-electron chi connectivity index (χ0n) is 14.4. The summed E-state index contributed by atoms with van der Waals surface area (Å²) in [6.45, 7) is 20.1. The van der Waals surface area contributed by atoms with Crippen LogP contribution in [0.2, 0.25) is 0 Å². The zero-order chi connectivity index (χ0) is 17.1. The molecular weight excluding hydrogens is 288 g/mol. The molecule has 0 aliphatic heterocycles. The van der Waals surface area contributed by atoms with Crippen LogP contribution in [0.5, 0.6) is 0 Å². The van der Waals surface area contributed by atoms with Gasteiger partial charge in [0.05, 0.1) is 5.92 Å². The lowest BCUT2D eigenvalue weighted by atomic mass is 9.86. The molecule has 0 aliphatic rings. The first kappa shape index (κ1) is 20.9. The van der Waals surface area contributed by atoms with Gasteiger partial charge in [-0.05, 0) is 48.7 Å². The van der Waals surface area contributed by atoms with Crippen LogP contribution in [0, 0.1) is 5.92 Å². The van der Waals surface area contributed by atoms with Gasteiger partial charge in [-0.3, -0.25) is 0 Å². The van der Waals surface area contributed by atoms with Crippen LogP contribution in [-0.4, -0.2) is 10.2 Å². The largest absolute Gasteiger partial charge is 0.501 e. The third kappa shape index (κ3) is 7.74. The lowest BCUT2D eigenvalue weighted by molar-refractivity contribution is 0.534. The number of aliphatic hydroxyl groups excluding tert-OH is 1. The van der Waals surface area contributed by atoms with E-state index in [2.05, 4.69) is 33.2 Å². The van der Waals surface area contributed by atoms with Crippen molar-refractivity contribution in [3.05, 3.63) is 48.6 Å². The van der Waals surface area contributed by atoms with E-state index in [1.807, 2.05) is 6.92 Å². The molecule has 0 fully saturated rings. The average molecular weight is 321 g/mol. The van der Waals surface area contributed by atoms with Crippen molar-refractivity contribution in [3.63, 3.8) is 0 Å². The second-order valence-electron chi connectivity index (χ2n) is 6.10. The molecule has 0 bridgehead atoms. The highest BCUT2D eigenvalue weighted by Gasteiger charge is 2.21. The van der Waals surface area contributed by atoms with Gasteiger partial charge in [-0.15, -0.1) is 0 Å². The number of unbranched alkanes of at least 4 members (excludes halogenated alkanes) is 6. The number of allylic oxidation sites excluding steroid dienone is 2. The molecule has 0 aromatic rings. The van der Waals surface area contributed by atoms with Crippen molar-refractivity contribution in [1.29, 1.82) is 0 Å². The minimum atomic E-state index is -0.395. The van der Waals surface area contributed by atoms with E-state index in [1.165, 1.54) is 38.5 Å². The molecule has 1 nitrogen and oxygen atoms in total. The van der Waals surface area contributed by atoms with E-state index in [9.17, 15) is 5.11 Å². The summed E-state index contributed by atoms with van der Waals surface area (Å²) in [6, 6.07) is 0. The van der Waals surface area contributed by atoms with Crippen LogP contribution in [0.3, 0.4) is 0 Å². The summed E-state index contributed by atoms with van der Waals surface area (Å²) >= 11 is 4.90. The van der Waals surface area contributed by atoms with E-state index in [0.29, 0.717) is 5.57 Å². The maximum Gasteiger partial charge on any atom is 0.168 e. The topological polar surface area (TPSA) is 20.2 Å². The van der Waals surface area contributed by atoms with Gasteiger partial charge in [-0.2, -0.15) is 0 Å². The maximum atomic E-state index is 9.64. The normalized spacial score (nSPS) is 11.7. The minimum Gasteiger partial charge on any atom is -0.501 e. The highest BCUT2D eigenvalue weighted by molar-refractivity contribution is 7.80. The number of hydrogen-bond acceptors (Lipinski definition) is 1. The Morgan fingerprint density at radius 1 is 0.955 bits per heavy atom. The summed E-state index contributed by atoms with van der Waals surface area (Å²) in [5, 5.41) is 9.54. The average Bonchev–Trinajstić information content (AvgIpc) is 2.44. The van der Waals surface area contributed by atoms with Crippen LogP contribution in [0.4, 0.5) is 0 Å². The molecule has 0 aromatic heterocycles. The van der Waals surface area contributed by atoms with Gasteiger partial charge in [0.1, 0.15) is 0 Å². The van der Waals surface area contributed by atoms with Crippen LogP contribution in [-0.2, 0) is 0 Å². The Labute approximate surface area is 142 Å². The number of rotatable bonds is 13. The van der Waals surface area contributed by atoms with Gasteiger partial charge in [0, 0.05) is 0 Å². The number of thiocarbonyl (C=S) groups is 1. The smallest absolute Gasteiger partial charge is 0.168 e. The first-order valence-electron chi connectivity index (χ1n) is 8.27. The summed E-state index contributed by atoms with van der Waals surface area (Å²) in [5.74, 6) is -0.395. The van der Waals surface area contributed by atoms with Gasteiger partial charge >= 0.3 is 0 Å². The molecule has 1 atom stereocenters. The Balaban J connectivity index is 4.21. The third-order valence-corrected chi connectivity index (χ3v) is 4.22. The summed E-state index contributed by atoms with van der Waals surface area (Å²) in [7, 11) is 0. The van der Waals surface area contributed by atoms with Crippen LogP contribution in [0.25, 0.3) is 0 Å². The van der Waals surface area contributed by atoms with Crippen molar-refractivity contribution >= 4 is 17.3 Å². The lowest BCUT2D eigenvalue weighted by Gasteiger charge is -2.20. The second-order valence-corrected chi connectivity index (χ2v) is 6.51. The molecule has 0 radical (unpaired) electrons. The van der Waals surface area contributed by atoms with E-state index in [1.54, 1.807) is 0 Å². The summed E-state index contributed by atoms with van der Waals surface area (Å²) < 4.78 is 0. The van der Waals surface area contributed by atoms with E-state index in [4.69, 9.17) is 12.2 Å². The van der Waals surface area contributed by atoms with E-state index in [0.717, 1.165) is 29.6 Å². The summed E-state index contributed by atoms with van der Waals surface area (Å²) in [6.07, 6.45) is 9.85. The fraction of sp³-hybridized carbons (Fsp3) is 0.550. The molecule has 0 heterocycles. The van der Waals surface area contributed by atoms with Crippen molar-refractivity contribution in [1.82, 2.24) is 0 Å². The predicted octanol–water partition coefficient (Wildman–Crippen LogP) is 6.87. The molecule has 0 saturated carbocycles. The molecule has 124 valence electrons. The van der Waals surface area contributed by atoms with Crippen LogP contribution in [0.15, 0.2) is 48.6 Å². The van der Waals surface area contributed by atoms with Crippen molar-refractivity contribution in [2.45, 2.75) is 65.2 Å². The Morgan fingerprint density at radius 2 is 1.45 bits per heavy atom. The van der Waals surface area contributed by atoms with Crippen LogP contribution < -0.4 is 0 Å². The summed E-state index contributed by atoms with van der Waals surface area (Å²) in [5.41, 5.74) is 3.28. The van der Waals surface area contributed by atoms with Gasteiger partial charge in [-0.1, -0.05) is 77.3 Å². The van der Waals surface area contributed by atoms with Crippen LogP contribution in [0.1, 0.15) is 65.2 Å². The highest BCUT2D eigenvalue weighted by Crippen LogP contribution is 2.29. The molecule has 0 rings (SSSR count). The van der Waals surface area contributed by atoms with Crippen molar-refractivity contribution in [3.8, 4) is 0 Å². The van der Waals surface area contributed by atoms with Crippen LogP contribution >= 0.6 is 12.2 Å². The lowest BCUT2D eigenvalue weighted by Crippen LogP contribution is -2.16. The van der Waals surface area contributed by atoms with E-state index < -0.39 is 5.92 Å². The molecule has 22 heavy (non-hydrogen) atoms. The molecule has 1 unspecified atom stereocenters. The molecule has 0 saturated heterocycles. The first-order chi connectivity index (χ1) is 10.3. The van der Waals surface area contributed by atoms with Crippen molar-refractivity contribution in [2.75, 3.05) is 0 Å². The number of hydrogen-bond donors (Lipinski definition) is 1. The Kier molecular flexibility index (Phi) is 10.8. The third-order valence-electron chi connectivity index (χ3n) is 3.98. The summed E-state index contributed by atoms with van der Waals surface area (Å²) in [4.78, 5) is 0. The fourth-order valence-electron chi connectivity index (χ4n) is 2.50. The minimum absolute atomic E-state index is 0.0950. The molecule has 1 N–H and O–H groups in total. The maximum absolute atomic E-state index is 9.64. The van der Waals surface area contributed by atoms with E-state index >= 15 is 0 Å². The predicted molar refractivity (Wildman–Crippen MR) is 104 cm³/mol. The highest BCUT2D eigenvalue weighted by atomic mass is 32.1. The number of aliphatic hydroxyl groups is 1. The monoisotopic (exact) mass is 320 g/mol. The first-order valence-corrected chi connectivity index (χ1v) is 8.68. The zero-order valence-corrected chi connectivity index (χ0v) is 15.2. The Hall–Kier alpha value is -1.15. The van der Waals surface area contributed by atoms with Gasteiger partial charge in [0.15, 0.2) is 5.05 Å². The molecular formula is C20H32OS. The standard InChI is InChI=1S/C20H32OS/c1-7-8-9-10-11-12-13-14-16(4)17(5)18(6)19(15(2)3)20(21)22/h19H,2,4-14H2,1,3H3,(H,21,22).